The fourth-order valence-corrected chi connectivity index (χ4v) is 3.66. The van der Waals surface area contributed by atoms with Gasteiger partial charge in [0.05, 0.1) is 12.9 Å². The molecule has 0 radical (unpaired) electrons. The van der Waals surface area contributed by atoms with E-state index in [-0.39, 0.29) is 5.91 Å². The van der Waals surface area contributed by atoms with Crippen LogP contribution in [0.5, 0.6) is 0 Å². The highest BCUT2D eigenvalue weighted by Crippen LogP contribution is 2.25. The SMILES string of the molecule is Cc1ccc(CNC(=O)CN2CCC(n3cnc4cccnc43)CC2)cc1. The standard InChI is InChI=1S/C21H25N5O/c1-16-4-6-17(7-5-16)13-23-20(27)14-25-11-8-18(9-12-25)26-15-24-19-3-2-10-22-21(19)26/h2-7,10,15,18H,8-9,11-14H2,1H3,(H,23,27). The maximum atomic E-state index is 12.3. The van der Waals surface area contributed by atoms with Gasteiger partial charge in [0.1, 0.15) is 5.52 Å². The highest BCUT2D eigenvalue weighted by atomic mass is 16.2. The minimum Gasteiger partial charge on any atom is -0.351 e. The number of hydrogen-bond acceptors (Lipinski definition) is 4. The van der Waals surface area contributed by atoms with Gasteiger partial charge in [-0.1, -0.05) is 29.8 Å². The van der Waals surface area contributed by atoms with Crippen LogP contribution in [0.4, 0.5) is 0 Å². The van der Waals surface area contributed by atoms with Gasteiger partial charge >= 0.3 is 0 Å². The molecule has 3 heterocycles. The summed E-state index contributed by atoms with van der Waals surface area (Å²) in [4.78, 5) is 23.4. The van der Waals surface area contributed by atoms with E-state index in [1.165, 1.54) is 5.56 Å². The number of benzene rings is 1. The summed E-state index contributed by atoms with van der Waals surface area (Å²) in [6.45, 7) is 4.93. The zero-order chi connectivity index (χ0) is 18.6. The van der Waals surface area contributed by atoms with E-state index in [1.54, 1.807) is 0 Å². The van der Waals surface area contributed by atoms with Crippen LogP contribution in [0.25, 0.3) is 11.2 Å². The molecule has 1 saturated heterocycles. The Hall–Kier alpha value is -2.73. The van der Waals surface area contributed by atoms with Crippen LogP contribution in [-0.4, -0.2) is 45.0 Å². The molecule has 1 fully saturated rings. The number of nitrogens with zero attached hydrogens (tertiary/aromatic N) is 4. The van der Waals surface area contributed by atoms with Gasteiger partial charge in [-0.2, -0.15) is 0 Å². The Kier molecular flexibility index (Phi) is 5.16. The molecule has 1 amide bonds. The maximum Gasteiger partial charge on any atom is 0.234 e. The van der Waals surface area contributed by atoms with E-state index in [4.69, 9.17) is 0 Å². The minimum absolute atomic E-state index is 0.0868. The molecule has 27 heavy (non-hydrogen) atoms. The molecule has 0 atom stereocenters. The van der Waals surface area contributed by atoms with Gasteiger partial charge in [0.25, 0.3) is 0 Å². The van der Waals surface area contributed by atoms with Crippen molar-refractivity contribution in [1.29, 1.82) is 0 Å². The molecule has 1 aromatic carbocycles. The van der Waals surface area contributed by atoms with Crippen LogP contribution in [0.1, 0.15) is 30.0 Å². The molecule has 0 unspecified atom stereocenters. The molecule has 0 aliphatic carbocycles. The fourth-order valence-electron chi connectivity index (χ4n) is 3.66. The molecule has 6 heteroatoms. The van der Waals surface area contributed by atoms with Crippen molar-refractivity contribution < 1.29 is 4.79 Å². The largest absolute Gasteiger partial charge is 0.351 e. The Morgan fingerprint density at radius 3 is 2.70 bits per heavy atom. The van der Waals surface area contributed by atoms with Gasteiger partial charge < -0.3 is 9.88 Å². The highest BCUT2D eigenvalue weighted by molar-refractivity contribution is 5.78. The van der Waals surface area contributed by atoms with Crippen molar-refractivity contribution >= 4 is 17.1 Å². The molecule has 0 bridgehead atoms. The first-order valence-electron chi connectivity index (χ1n) is 9.51. The lowest BCUT2D eigenvalue weighted by Crippen LogP contribution is -2.41. The average Bonchev–Trinajstić information content (AvgIpc) is 3.12. The Labute approximate surface area is 159 Å². The van der Waals surface area contributed by atoms with Crippen molar-refractivity contribution in [2.75, 3.05) is 19.6 Å². The van der Waals surface area contributed by atoms with Crippen LogP contribution in [0, 0.1) is 6.92 Å². The van der Waals surface area contributed by atoms with Gasteiger partial charge in [-0.3, -0.25) is 9.69 Å². The van der Waals surface area contributed by atoms with Crippen LogP contribution in [0.15, 0.2) is 48.9 Å². The van der Waals surface area contributed by atoms with Crippen molar-refractivity contribution in [1.82, 2.24) is 24.8 Å². The van der Waals surface area contributed by atoms with Crippen LogP contribution in [0.2, 0.25) is 0 Å². The molecule has 3 aromatic rings. The number of fused-ring (bicyclic) bond motifs is 1. The predicted octanol–water partition coefficient (Wildman–Crippen LogP) is 2.69. The number of aryl methyl sites for hydroxylation is 1. The number of amides is 1. The normalized spacial score (nSPS) is 15.9. The number of carbonyl (C=O) groups excluding carboxylic acids is 1. The highest BCUT2D eigenvalue weighted by Gasteiger charge is 2.23. The number of nitrogens with one attached hydrogen (secondary N) is 1. The van der Waals surface area contributed by atoms with E-state index in [9.17, 15) is 4.79 Å². The second-order valence-electron chi connectivity index (χ2n) is 7.27. The maximum absolute atomic E-state index is 12.3. The van der Waals surface area contributed by atoms with Gasteiger partial charge in [-0.25, -0.2) is 9.97 Å². The zero-order valence-electron chi connectivity index (χ0n) is 15.6. The van der Waals surface area contributed by atoms with Crippen LogP contribution < -0.4 is 5.32 Å². The van der Waals surface area contributed by atoms with Crippen LogP contribution in [-0.2, 0) is 11.3 Å². The summed E-state index contributed by atoms with van der Waals surface area (Å²) in [5.41, 5.74) is 4.25. The summed E-state index contributed by atoms with van der Waals surface area (Å²) in [6, 6.07) is 12.6. The lowest BCUT2D eigenvalue weighted by molar-refractivity contribution is -0.122. The molecule has 0 saturated carbocycles. The van der Waals surface area contributed by atoms with Crippen molar-refractivity contribution in [3.63, 3.8) is 0 Å². The van der Waals surface area contributed by atoms with E-state index in [2.05, 4.69) is 55.9 Å². The number of pyridine rings is 1. The molecule has 140 valence electrons. The van der Waals surface area contributed by atoms with E-state index >= 15 is 0 Å². The Bertz CT molecular complexity index is 910. The van der Waals surface area contributed by atoms with Gasteiger partial charge in [0.15, 0.2) is 5.65 Å². The third kappa shape index (κ3) is 4.17. The van der Waals surface area contributed by atoms with Crippen molar-refractivity contribution in [3.05, 3.63) is 60.0 Å². The number of imidazole rings is 1. The number of likely N-dealkylation sites (tertiary alicyclic amines) is 1. The Morgan fingerprint density at radius 1 is 1.15 bits per heavy atom. The zero-order valence-corrected chi connectivity index (χ0v) is 15.6. The fraction of sp³-hybridized carbons (Fsp3) is 0.381. The molecule has 0 spiro atoms. The van der Waals surface area contributed by atoms with Gasteiger partial charge in [0.2, 0.25) is 5.91 Å². The Morgan fingerprint density at radius 2 is 1.93 bits per heavy atom. The van der Waals surface area contributed by atoms with E-state index in [1.807, 2.05) is 24.7 Å². The van der Waals surface area contributed by atoms with E-state index < -0.39 is 0 Å². The van der Waals surface area contributed by atoms with Gasteiger partial charge in [-0.05, 0) is 37.5 Å². The van der Waals surface area contributed by atoms with Crippen LogP contribution >= 0.6 is 0 Å². The smallest absolute Gasteiger partial charge is 0.234 e. The van der Waals surface area contributed by atoms with Gasteiger partial charge in [0, 0.05) is 31.9 Å². The molecular weight excluding hydrogens is 338 g/mol. The molecule has 1 N–H and O–H groups in total. The number of carbonyl (C=O) groups is 1. The van der Waals surface area contributed by atoms with Crippen LogP contribution in [0.3, 0.4) is 0 Å². The second-order valence-corrected chi connectivity index (χ2v) is 7.27. The molecular formula is C21H25N5O. The molecule has 1 aliphatic heterocycles. The summed E-state index contributed by atoms with van der Waals surface area (Å²) in [7, 11) is 0. The summed E-state index contributed by atoms with van der Waals surface area (Å²) in [5, 5.41) is 3.02. The topological polar surface area (TPSA) is 63.1 Å². The van der Waals surface area contributed by atoms with Gasteiger partial charge in [-0.15, -0.1) is 0 Å². The summed E-state index contributed by atoms with van der Waals surface area (Å²) in [5.74, 6) is 0.0868. The summed E-state index contributed by atoms with van der Waals surface area (Å²) >= 11 is 0. The summed E-state index contributed by atoms with van der Waals surface area (Å²) in [6.07, 6.45) is 5.72. The van der Waals surface area contributed by atoms with Crippen molar-refractivity contribution in [2.24, 2.45) is 0 Å². The second kappa shape index (κ2) is 7.88. The average molecular weight is 363 g/mol. The first-order chi connectivity index (χ1) is 13.2. The first-order valence-corrected chi connectivity index (χ1v) is 9.51. The van der Waals surface area contributed by atoms with Crippen molar-refractivity contribution in [3.8, 4) is 0 Å². The molecule has 2 aromatic heterocycles. The third-order valence-corrected chi connectivity index (χ3v) is 5.26. The first kappa shape index (κ1) is 17.7. The quantitative estimate of drug-likeness (QED) is 0.757. The number of hydrogen-bond donors (Lipinski definition) is 1. The lowest BCUT2D eigenvalue weighted by atomic mass is 10.0. The molecule has 6 nitrogen and oxygen atoms in total. The van der Waals surface area contributed by atoms with Crippen molar-refractivity contribution in [2.45, 2.75) is 32.4 Å². The van der Waals surface area contributed by atoms with E-state index in [0.29, 0.717) is 19.1 Å². The summed E-state index contributed by atoms with van der Waals surface area (Å²) < 4.78 is 2.18. The minimum atomic E-state index is 0.0868. The number of aromatic nitrogens is 3. The Balaban J connectivity index is 1.26. The third-order valence-electron chi connectivity index (χ3n) is 5.26. The monoisotopic (exact) mass is 363 g/mol. The number of rotatable bonds is 5. The lowest BCUT2D eigenvalue weighted by Gasteiger charge is -2.32. The number of piperidine rings is 1. The molecule has 4 rings (SSSR count). The predicted molar refractivity (Wildman–Crippen MR) is 105 cm³/mol. The molecule has 1 aliphatic rings. The van der Waals surface area contributed by atoms with E-state index in [0.717, 1.165) is 42.7 Å².